The number of aryl methyl sites for hydroxylation is 1. The SMILES string of the molecule is Cc1cccnc1CNc1cc(Cl)ccc1[N+](=O)[O-]. The summed E-state index contributed by atoms with van der Waals surface area (Å²) < 4.78 is 0. The summed E-state index contributed by atoms with van der Waals surface area (Å²) in [5, 5.41) is 14.4. The maximum Gasteiger partial charge on any atom is 0.292 e. The highest BCUT2D eigenvalue weighted by molar-refractivity contribution is 6.31. The van der Waals surface area contributed by atoms with E-state index in [-0.39, 0.29) is 5.69 Å². The second-order valence-electron chi connectivity index (χ2n) is 4.04. The van der Waals surface area contributed by atoms with Gasteiger partial charge in [0, 0.05) is 17.3 Å². The first-order valence-electron chi connectivity index (χ1n) is 5.66. The van der Waals surface area contributed by atoms with Gasteiger partial charge in [-0.15, -0.1) is 0 Å². The molecule has 0 aliphatic heterocycles. The lowest BCUT2D eigenvalue weighted by Gasteiger charge is -2.08. The van der Waals surface area contributed by atoms with Crippen LogP contribution in [0.15, 0.2) is 36.5 Å². The van der Waals surface area contributed by atoms with Crippen LogP contribution >= 0.6 is 11.6 Å². The number of aromatic nitrogens is 1. The maximum atomic E-state index is 10.9. The molecule has 0 atom stereocenters. The van der Waals surface area contributed by atoms with Gasteiger partial charge >= 0.3 is 0 Å². The first-order valence-corrected chi connectivity index (χ1v) is 6.04. The van der Waals surface area contributed by atoms with Crippen LogP contribution < -0.4 is 5.32 Å². The van der Waals surface area contributed by atoms with Gasteiger partial charge in [-0.1, -0.05) is 17.7 Å². The number of nitrogens with one attached hydrogen (secondary N) is 1. The van der Waals surface area contributed by atoms with Gasteiger partial charge in [-0.2, -0.15) is 0 Å². The van der Waals surface area contributed by atoms with Crippen LogP contribution in [0.3, 0.4) is 0 Å². The predicted molar refractivity (Wildman–Crippen MR) is 74.4 cm³/mol. The molecule has 5 nitrogen and oxygen atoms in total. The van der Waals surface area contributed by atoms with Crippen LogP contribution in [-0.4, -0.2) is 9.91 Å². The summed E-state index contributed by atoms with van der Waals surface area (Å²) in [6, 6.07) is 8.21. The van der Waals surface area contributed by atoms with Gasteiger partial charge in [0.15, 0.2) is 0 Å². The van der Waals surface area contributed by atoms with Gasteiger partial charge < -0.3 is 5.32 Å². The number of nitro groups is 1. The Balaban J connectivity index is 2.22. The van der Waals surface area contributed by atoms with Crippen molar-refractivity contribution < 1.29 is 4.92 Å². The van der Waals surface area contributed by atoms with Crippen molar-refractivity contribution in [2.45, 2.75) is 13.5 Å². The summed E-state index contributed by atoms with van der Waals surface area (Å²) in [5.41, 5.74) is 2.26. The quantitative estimate of drug-likeness (QED) is 0.685. The Morgan fingerprint density at radius 2 is 2.21 bits per heavy atom. The average Bonchev–Trinajstić information content (AvgIpc) is 2.37. The monoisotopic (exact) mass is 277 g/mol. The zero-order valence-corrected chi connectivity index (χ0v) is 11.0. The molecule has 2 rings (SSSR count). The number of nitrogens with zero attached hydrogens (tertiary/aromatic N) is 2. The zero-order valence-electron chi connectivity index (χ0n) is 10.3. The summed E-state index contributed by atoms with van der Waals surface area (Å²) in [6.45, 7) is 2.35. The number of anilines is 1. The van der Waals surface area contributed by atoms with Crippen LogP contribution in [0.2, 0.25) is 5.02 Å². The third kappa shape index (κ3) is 3.20. The van der Waals surface area contributed by atoms with Crippen molar-refractivity contribution in [2.24, 2.45) is 0 Å². The van der Waals surface area contributed by atoms with Crippen molar-refractivity contribution in [3.05, 3.63) is 62.9 Å². The molecule has 0 bridgehead atoms. The fourth-order valence-corrected chi connectivity index (χ4v) is 1.86. The second-order valence-corrected chi connectivity index (χ2v) is 4.48. The fraction of sp³-hybridized carbons (Fsp3) is 0.154. The van der Waals surface area contributed by atoms with Crippen molar-refractivity contribution in [3.63, 3.8) is 0 Å². The molecule has 0 saturated carbocycles. The number of hydrogen-bond donors (Lipinski definition) is 1. The van der Waals surface area contributed by atoms with Crippen molar-refractivity contribution in [1.29, 1.82) is 0 Å². The third-order valence-corrected chi connectivity index (χ3v) is 2.95. The van der Waals surface area contributed by atoms with Gasteiger partial charge in [0.05, 0.1) is 17.2 Å². The topological polar surface area (TPSA) is 68.1 Å². The molecule has 1 aromatic heterocycles. The van der Waals surface area contributed by atoms with Crippen LogP contribution in [0.1, 0.15) is 11.3 Å². The Bertz CT molecular complexity index is 617. The average molecular weight is 278 g/mol. The van der Waals surface area contributed by atoms with Gasteiger partial charge in [0.1, 0.15) is 5.69 Å². The van der Waals surface area contributed by atoms with E-state index in [2.05, 4.69) is 10.3 Å². The van der Waals surface area contributed by atoms with Crippen molar-refractivity contribution in [2.75, 3.05) is 5.32 Å². The Morgan fingerprint density at radius 3 is 2.89 bits per heavy atom. The van der Waals surface area contributed by atoms with E-state index >= 15 is 0 Å². The normalized spacial score (nSPS) is 10.2. The van der Waals surface area contributed by atoms with Gasteiger partial charge in [-0.05, 0) is 30.7 Å². The molecule has 0 amide bonds. The molecule has 19 heavy (non-hydrogen) atoms. The summed E-state index contributed by atoms with van der Waals surface area (Å²) in [5.74, 6) is 0. The fourth-order valence-electron chi connectivity index (χ4n) is 1.69. The minimum absolute atomic E-state index is 0.00187. The number of nitro benzene ring substituents is 1. The Hall–Kier alpha value is -2.14. The highest BCUT2D eigenvalue weighted by atomic mass is 35.5. The molecular formula is C13H12ClN3O2. The molecule has 1 heterocycles. The largest absolute Gasteiger partial charge is 0.374 e. The smallest absolute Gasteiger partial charge is 0.292 e. The van der Waals surface area contributed by atoms with Crippen LogP contribution in [0.5, 0.6) is 0 Å². The number of benzene rings is 1. The number of rotatable bonds is 4. The third-order valence-electron chi connectivity index (χ3n) is 2.72. The Kier molecular flexibility index (Phi) is 3.97. The molecule has 0 spiro atoms. The molecule has 0 aliphatic carbocycles. The summed E-state index contributed by atoms with van der Waals surface area (Å²) in [6.07, 6.45) is 1.69. The first kappa shape index (κ1) is 13.3. The van der Waals surface area contributed by atoms with E-state index in [1.54, 1.807) is 6.20 Å². The molecule has 2 aromatic rings. The number of pyridine rings is 1. The van der Waals surface area contributed by atoms with Gasteiger partial charge in [-0.3, -0.25) is 15.1 Å². The minimum atomic E-state index is -0.441. The number of hydrogen-bond acceptors (Lipinski definition) is 4. The molecular weight excluding hydrogens is 266 g/mol. The molecule has 0 fully saturated rings. The van der Waals surface area contributed by atoms with Gasteiger partial charge in [0.2, 0.25) is 0 Å². The van der Waals surface area contributed by atoms with Crippen LogP contribution in [0, 0.1) is 17.0 Å². The van der Waals surface area contributed by atoms with Crippen molar-refractivity contribution in [3.8, 4) is 0 Å². The Morgan fingerprint density at radius 1 is 1.42 bits per heavy atom. The Labute approximate surface area is 115 Å². The maximum absolute atomic E-state index is 10.9. The molecule has 0 unspecified atom stereocenters. The van der Waals surface area contributed by atoms with Gasteiger partial charge in [0.25, 0.3) is 5.69 Å². The molecule has 0 aliphatic rings. The second kappa shape index (κ2) is 5.67. The molecule has 0 radical (unpaired) electrons. The van der Waals surface area contributed by atoms with E-state index in [0.29, 0.717) is 17.3 Å². The summed E-state index contributed by atoms with van der Waals surface area (Å²) in [7, 11) is 0. The summed E-state index contributed by atoms with van der Waals surface area (Å²) >= 11 is 5.86. The molecule has 1 N–H and O–H groups in total. The molecule has 0 saturated heterocycles. The highest BCUT2D eigenvalue weighted by Gasteiger charge is 2.13. The lowest BCUT2D eigenvalue weighted by Crippen LogP contribution is -2.05. The minimum Gasteiger partial charge on any atom is -0.374 e. The van der Waals surface area contributed by atoms with Crippen LogP contribution in [-0.2, 0) is 6.54 Å². The van der Waals surface area contributed by atoms with E-state index in [0.717, 1.165) is 11.3 Å². The van der Waals surface area contributed by atoms with E-state index in [1.165, 1.54) is 18.2 Å². The van der Waals surface area contributed by atoms with E-state index in [4.69, 9.17) is 11.6 Å². The van der Waals surface area contributed by atoms with Gasteiger partial charge in [-0.25, -0.2) is 0 Å². The van der Waals surface area contributed by atoms with Crippen LogP contribution in [0.4, 0.5) is 11.4 Å². The van der Waals surface area contributed by atoms with Crippen LogP contribution in [0.25, 0.3) is 0 Å². The molecule has 6 heteroatoms. The first-order chi connectivity index (χ1) is 9.08. The van der Waals surface area contributed by atoms with Crippen molar-refractivity contribution in [1.82, 2.24) is 4.98 Å². The van der Waals surface area contributed by atoms with E-state index < -0.39 is 4.92 Å². The van der Waals surface area contributed by atoms with E-state index in [9.17, 15) is 10.1 Å². The lowest BCUT2D eigenvalue weighted by molar-refractivity contribution is -0.384. The zero-order chi connectivity index (χ0) is 13.8. The standard InChI is InChI=1S/C13H12ClN3O2/c1-9-3-2-6-15-12(9)8-16-11-7-10(14)4-5-13(11)17(18)19/h2-7,16H,8H2,1H3. The number of halogens is 1. The highest BCUT2D eigenvalue weighted by Crippen LogP contribution is 2.28. The lowest BCUT2D eigenvalue weighted by atomic mass is 10.2. The van der Waals surface area contributed by atoms with Crippen molar-refractivity contribution >= 4 is 23.0 Å². The van der Waals surface area contributed by atoms with E-state index in [1.807, 2.05) is 19.1 Å². The predicted octanol–water partition coefficient (Wildman–Crippen LogP) is 3.56. The molecule has 98 valence electrons. The molecule has 1 aromatic carbocycles. The summed E-state index contributed by atoms with van der Waals surface area (Å²) in [4.78, 5) is 14.7.